The molecule has 0 radical (unpaired) electrons. The van der Waals surface area contributed by atoms with Crippen molar-refractivity contribution in [3.63, 3.8) is 0 Å². The van der Waals surface area contributed by atoms with Gasteiger partial charge >= 0.3 is 0 Å². The molecule has 21 heavy (non-hydrogen) atoms. The van der Waals surface area contributed by atoms with Gasteiger partial charge in [-0.15, -0.1) is 0 Å². The standard InChI is InChI=1S/C14H17N5OS/c1-7(8(2)15)9-10-11(21-12(9)16)13(18-6-17-10)19-4-14(3,20)5-19/h6,15-16,20H,4-5H2,1-3H3/b9-7-,15-8?,16-12?. The highest BCUT2D eigenvalue weighted by atomic mass is 32.2. The highest BCUT2D eigenvalue weighted by Gasteiger charge is 2.40. The molecule has 2 aliphatic heterocycles. The number of nitrogens with zero attached hydrogens (tertiary/aromatic N) is 3. The molecule has 7 heteroatoms. The molecule has 0 bridgehead atoms. The molecule has 0 saturated carbocycles. The zero-order valence-corrected chi connectivity index (χ0v) is 13.0. The summed E-state index contributed by atoms with van der Waals surface area (Å²) >= 11 is 1.33. The van der Waals surface area contributed by atoms with Gasteiger partial charge in [-0.3, -0.25) is 5.41 Å². The van der Waals surface area contributed by atoms with Crippen LogP contribution in [0.15, 0.2) is 16.8 Å². The van der Waals surface area contributed by atoms with E-state index in [1.807, 2.05) is 11.8 Å². The summed E-state index contributed by atoms with van der Waals surface area (Å²) in [4.78, 5) is 11.5. The first kappa shape index (κ1) is 14.2. The molecule has 0 spiro atoms. The van der Waals surface area contributed by atoms with Gasteiger partial charge in [0.05, 0.1) is 16.2 Å². The Balaban J connectivity index is 2.06. The number of β-amino-alcohol motifs (C(OH)–C–C–N with tert-alkyl or cyclic N) is 1. The van der Waals surface area contributed by atoms with Crippen LogP contribution in [0.2, 0.25) is 0 Å². The van der Waals surface area contributed by atoms with Crippen LogP contribution in [0, 0.1) is 10.8 Å². The van der Waals surface area contributed by atoms with Crippen molar-refractivity contribution < 1.29 is 5.11 Å². The van der Waals surface area contributed by atoms with Crippen molar-refractivity contribution in [2.75, 3.05) is 18.0 Å². The van der Waals surface area contributed by atoms with Crippen molar-refractivity contribution in [3.8, 4) is 0 Å². The van der Waals surface area contributed by atoms with Crippen LogP contribution in [-0.4, -0.2) is 44.5 Å². The minimum absolute atomic E-state index is 0.406. The Kier molecular flexibility index (Phi) is 3.14. The zero-order chi connectivity index (χ0) is 15.4. The van der Waals surface area contributed by atoms with Crippen molar-refractivity contribution in [1.29, 1.82) is 10.8 Å². The fraction of sp³-hybridized carbons (Fsp3) is 0.429. The average molecular weight is 303 g/mol. The maximum absolute atomic E-state index is 9.89. The van der Waals surface area contributed by atoms with E-state index in [4.69, 9.17) is 10.8 Å². The molecule has 0 amide bonds. The number of anilines is 1. The summed E-state index contributed by atoms with van der Waals surface area (Å²) in [6.07, 6.45) is 1.49. The van der Waals surface area contributed by atoms with Crippen LogP contribution in [0.1, 0.15) is 26.5 Å². The average Bonchev–Trinajstić information content (AvgIpc) is 2.70. The Labute approximate surface area is 127 Å². The number of rotatable bonds is 2. The van der Waals surface area contributed by atoms with Crippen molar-refractivity contribution in [1.82, 2.24) is 9.97 Å². The molecule has 1 aromatic rings. The van der Waals surface area contributed by atoms with Gasteiger partial charge < -0.3 is 15.4 Å². The number of fused-ring (bicyclic) bond motifs is 1. The van der Waals surface area contributed by atoms with Gasteiger partial charge in [-0.1, -0.05) is 11.8 Å². The zero-order valence-electron chi connectivity index (χ0n) is 12.2. The smallest absolute Gasteiger partial charge is 0.146 e. The fourth-order valence-electron chi connectivity index (χ4n) is 2.58. The van der Waals surface area contributed by atoms with Gasteiger partial charge in [-0.2, -0.15) is 0 Å². The van der Waals surface area contributed by atoms with Crippen molar-refractivity contribution >= 4 is 33.9 Å². The molecule has 3 rings (SSSR count). The van der Waals surface area contributed by atoms with Crippen LogP contribution in [0.5, 0.6) is 0 Å². The second-order valence-electron chi connectivity index (χ2n) is 5.78. The summed E-state index contributed by atoms with van der Waals surface area (Å²) < 4.78 is 0. The number of aromatic nitrogens is 2. The van der Waals surface area contributed by atoms with Crippen molar-refractivity contribution in [3.05, 3.63) is 17.6 Å². The first-order valence-electron chi connectivity index (χ1n) is 6.66. The number of allylic oxidation sites excluding steroid dienone is 1. The molecule has 0 aromatic carbocycles. The molecule has 0 unspecified atom stereocenters. The van der Waals surface area contributed by atoms with Crippen molar-refractivity contribution in [2.45, 2.75) is 31.3 Å². The summed E-state index contributed by atoms with van der Waals surface area (Å²) in [7, 11) is 0. The van der Waals surface area contributed by atoms with Crippen LogP contribution in [-0.2, 0) is 0 Å². The second kappa shape index (κ2) is 4.64. The quantitative estimate of drug-likeness (QED) is 0.725. The Hall–Kier alpha value is -1.73. The highest BCUT2D eigenvalue weighted by Crippen LogP contribution is 2.46. The summed E-state index contributed by atoms with van der Waals surface area (Å²) in [5.41, 5.74) is 1.99. The molecule has 3 heterocycles. The highest BCUT2D eigenvalue weighted by molar-refractivity contribution is 8.15. The first-order chi connectivity index (χ1) is 9.80. The van der Waals surface area contributed by atoms with Gasteiger partial charge in [0.2, 0.25) is 0 Å². The Bertz CT molecular complexity index is 687. The lowest BCUT2D eigenvalue weighted by Crippen LogP contribution is -2.60. The van der Waals surface area contributed by atoms with E-state index in [1.165, 1.54) is 18.1 Å². The van der Waals surface area contributed by atoms with Gasteiger partial charge in [-0.05, 0) is 26.3 Å². The SMILES string of the molecule is CC(=N)/C(C)=C1\C(=N)Sc2c1ncnc2N1CC(C)(O)C1. The van der Waals surface area contributed by atoms with Crippen LogP contribution in [0.4, 0.5) is 5.82 Å². The minimum Gasteiger partial charge on any atom is -0.386 e. The Morgan fingerprint density at radius 1 is 1.38 bits per heavy atom. The molecule has 1 fully saturated rings. The van der Waals surface area contributed by atoms with Gasteiger partial charge in [0, 0.05) is 24.4 Å². The Morgan fingerprint density at radius 3 is 2.62 bits per heavy atom. The van der Waals surface area contributed by atoms with Gasteiger partial charge in [0.15, 0.2) is 0 Å². The van der Waals surface area contributed by atoms with E-state index in [9.17, 15) is 5.11 Å². The van der Waals surface area contributed by atoms with E-state index < -0.39 is 5.60 Å². The maximum Gasteiger partial charge on any atom is 0.146 e. The maximum atomic E-state index is 9.89. The third-order valence-electron chi connectivity index (χ3n) is 3.75. The fourth-order valence-corrected chi connectivity index (χ4v) is 3.66. The largest absolute Gasteiger partial charge is 0.386 e. The number of hydrogen-bond acceptors (Lipinski definition) is 7. The predicted molar refractivity (Wildman–Crippen MR) is 84.4 cm³/mol. The molecule has 110 valence electrons. The summed E-state index contributed by atoms with van der Waals surface area (Å²) in [6.45, 7) is 6.43. The van der Waals surface area contributed by atoms with Crippen LogP contribution < -0.4 is 4.90 Å². The van der Waals surface area contributed by atoms with Gasteiger partial charge in [-0.25, -0.2) is 9.97 Å². The van der Waals surface area contributed by atoms with E-state index in [0.717, 1.165) is 27.6 Å². The summed E-state index contributed by atoms with van der Waals surface area (Å²) in [5.74, 6) is 0.770. The lowest BCUT2D eigenvalue weighted by Gasteiger charge is -2.45. The van der Waals surface area contributed by atoms with Crippen LogP contribution >= 0.6 is 11.8 Å². The van der Waals surface area contributed by atoms with E-state index in [-0.39, 0.29) is 0 Å². The number of nitrogens with one attached hydrogen (secondary N) is 2. The van der Waals surface area contributed by atoms with Crippen LogP contribution in [0.3, 0.4) is 0 Å². The topological polar surface area (TPSA) is 97.0 Å². The summed E-state index contributed by atoms with van der Waals surface area (Å²) in [6, 6.07) is 0. The van der Waals surface area contributed by atoms with Crippen LogP contribution in [0.25, 0.3) is 5.57 Å². The predicted octanol–water partition coefficient (Wildman–Crippen LogP) is 1.94. The molecule has 0 aliphatic carbocycles. The molecular formula is C14H17N5OS. The molecular weight excluding hydrogens is 286 g/mol. The monoisotopic (exact) mass is 303 g/mol. The molecule has 2 aliphatic rings. The first-order valence-corrected chi connectivity index (χ1v) is 7.48. The lowest BCUT2D eigenvalue weighted by atomic mass is 9.97. The molecule has 3 N–H and O–H groups in total. The molecule has 1 aromatic heterocycles. The number of aliphatic hydroxyl groups is 1. The third-order valence-corrected chi connectivity index (χ3v) is 4.74. The van der Waals surface area contributed by atoms with E-state index >= 15 is 0 Å². The third kappa shape index (κ3) is 2.26. The molecule has 6 nitrogen and oxygen atoms in total. The lowest BCUT2D eigenvalue weighted by molar-refractivity contribution is 0.0302. The molecule has 1 saturated heterocycles. The summed E-state index contributed by atoms with van der Waals surface area (Å²) in [5, 5.41) is 26.3. The van der Waals surface area contributed by atoms with Gasteiger partial charge in [0.25, 0.3) is 0 Å². The van der Waals surface area contributed by atoms with E-state index in [2.05, 4.69) is 9.97 Å². The van der Waals surface area contributed by atoms with E-state index in [1.54, 1.807) is 13.8 Å². The van der Waals surface area contributed by atoms with Gasteiger partial charge in [0.1, 0.15) is 17.2 Å². The molecule has 0 atom stereocenters. The normalized spacial score (nSPS) is 21.9. The van der Waals surface area contributed by atoms with E-state index in [0.29, 0.717) is 23.8 Å². The number of hydrogen-bond donors (Lipinski definition) is 3. The second-order valence-corrected chi connectivity index (χ2v) is 6.80. The van der Waals surface area contributed by atoms with Crippen molar-refractivity contribution in [2.24, 2.45) is 0 Å². The Morgan fingerprint density at radius 2 is 2.05 bits per heavy atom. The number of thioether (sulfide) groups is 1. The minimum atomic E-state index is -0.672.